The first kappa shape index (κ1) is 21.4. The molecule has 0 radical (unpaired) electrons. The highest BCUT2D eigenvalue weighted by Crippen LogP contribution is 2.21. The minimum atomic E-state index is -0.529. The van der Waals surface area contributed by atoms with E-state index in [1.807, 2.05) is 31.2 Å². The van der Waals surface area contributed by atoms with E-state index in [1.165, 1.54) is 29.5 Å². The Balaban J connectivity index is 1.72. The first-order valence-corrected chi connectivity index (χ1v) is 9.78. The zero-order chi connectivity index (χ0) is 20.5. The lowest BCUT2D eigenvalue weighted by molar-refractivity contribution is -0.384. The van der Waals surface area contributed by atoms with Gasteiger partial charge in [0.25, 0.3) is 11.6 Å². The van der Waals surface area contributed by atoms with E-state index in [9.17, 15) is 19.7 Å². The van der Waals surface area contributed by atoms with Crippen molar-refractivity contribution >= 4 is 29.3 Å². The number of aryl methyl sites for hydroxylation is 1. The van der Waals surface area contributed by atoms with E-state index < -0.39 is 10.9 Å². The molecule has 0 fully saturated rings. The van der Waals surface area contributed by atoms with E-state index in [0.29, 0.717) is 4.90 Å². The number of nitrogens with one attached hydrogen (secondary N) is 1. The largest absolute Gasteiger partial charge is 0.455 e. The van der Waals surface area contributed by atoms with Crippen LogP contribution in [0.5, 0.6) is 0 Å². The molecule has 0 bridgehead atoms. The number of nitro groups is 1. The molecule has 2 aromatic rings. The van der Waals surface area contributed by atoms with Crippen molar-refractivity contribution in [1.82, 2.24) is 5.32 Å². The summed E-state index contributed by atoms with van der Waals surface area (Å²) in [5.74, 6) is -0.890. The first-order chi connectivity index (χ1) is 13.4. The fourth-order valence-corrected chi connectivity index (χ4v) is 3.10. The van der Waals surface area contributed by atoms with E-state index in [2.05, 4.69) is 12.2 Å². The molecule has 0 unspecified atom stereocenters. The van der Waals surface area contributed by atoms with E-state index in [1.54, 1.807) is 12.1 Å². The predicted octanol–water partition coefficient (Wildman–Crippen LogP) is 3.67. The van der Waals surface area contributed by atoms with Crippen LogP contribution in [0.1, 0.15) is 31.0 Å². The SMILES string of the molecule is CCc1ccc([C@@H](C)NC(=O)COC(=O)CSc2ccc([N+](=O)[O-])cc2)cc1. The number of non-ortho nitro benzene ring substituents is 1. The van der Waals surface area contributed by atoms with Gasteiger partial charge in [0.15, 0.2) is 6.61 Å². The van der Waals surface area contributed by atoms with Gasteiger partial charge in [-0.15, -0.1) is 11.8 Å². The molecule has 28 heavy (non-hydrogen) atoms. The molecule has 0 aliphatic heterocycles. The number of hydrogen-bond acceptors (Lipinski definition) is 6. The van der Waals surface area contributed by atoms with Crippen molar-refractivity contribution in [3.05, 3.63) is 69.8 Å². The topological polar surface area (TPSA) is 98.5 Å². The van der Waals surface area contributed by atoms with Gasteiger partial charge in [-0.1, -0.05) is 31.2 Å². The summed E-state index contributed by atoms with van der Waals surface area (Å²) in [7, 11) is 0. The van der Waals surface area contributed by atoms with Gasteiger partial charge in [-0.05, 0) is 36.6 Å². The van der Waals surface area contributed by atoms with Crippen molar-refractivity contribution < 1.29 is 19.2 Å². The highest BCUT2D eigenvalue weighted by molar-refractivity contribution is 8.00. The molecule has 0 spiro atoms. The van der Waals surface area contributed by atoms with Gasteiger partial charge in [-0.2, -0.15) is 0 Å². The Morgan fingerprint density at radius 2 is 1.79 bits per heavy atom. The number of nitrogens with zero attached hydrogens (tertiary/aromatic N) is 1. The van der Waals surface area contributed by atoms with Crippen molar-refractivity contribution in [2.75, 3.05) is 12.4 Å². The lowest BCUT2D eigenvalue weighted by Gasteiger charge is -2.15. The van der Waals surface area contributed by atoms with E-state index in [0.717, 1.165) is 12.0 Å². The zero-order valence-corrected chi connectivity index (χ0v) is 16.5. The summed E-state index contributed by atoms with van der Waals surface area (Å²) in [4.78, 5) is 34.6. The minimum absolute atomic E-state index is 0.0120. The quantitative estimate of drug-likeness (QED) is 0.297. The van der Waals surface area contributed by atoms with Crippen molar-refractivity contribution in [1.29, 1.82) is 0 Å². The van der Waals surface area contributed by atoms with Crippen LogP contribution in [-0.2, 0) is 20.7 Å². The summed E-state index contributed by atoms with van der Waals surface area (Å²) in [6, 6.07) is 13.7. The third-order valence-electron chi connectivity index (χ3n) is 4.03. The first-order valence-electron chi connectivity index (χ1n) is 8.80. The molecule has 7 nitrogen and oxygen atoms in total. The van der Waals surface area contributed by atoms with Crippen LogP contribution in [0.15, 0.2) is 53.4 Å². The summed E-state index contributed by atoms with van der Waals surface area (Å²) >= 11 is 1.19. The average molecular weight is 402 g/mol. The van der Waals surface area contributed by atoms with Crippen LogP contribution in [0.4, 0.5) is 5.69 Å². The normalized spacial score (nSPS) is 11.5. The number of rotatable bonds is 9. The molecule has 148 valence electrons. The van der Waals surface area contributed by atoms with Gasteiger partial charge >= 0.3 is 5.97 Å². The lowest BCUT2D eigenvalue weighted by Crippen LogP contribution is -2.31. The van der Waals surface area contributed by atoms with Crippen LogP contribution in [0.3, 0.4) is 0 Å². The Labute approximate surface area is 167 Å². The number of amides is 1. The van der Waals surface area contributed by atoms with E-state index in [4.69, 9.17) is 4.74 Å². The molecule has 0 saturated carbocycles. The molecule has 8 heteroatoms. The standard InChI is InChI=1S/C20H22N2O5S/c1-3-15-4-6-16(7-5-15)14(2)21-19(23)12-27-20(24)13-28-18-10-8-17(9-11-18)22(25)26/h4-11,14H,3,12-13H2,1-2H3,(H,21,23)/t14-/m1/s1. The number of ether oxygens (including phenoxy) is 1. The Morgan fingerprint density at radius 3 is 2.36 bits per heavy atom. The molecule has 1 amide bonds. The molecular formula is C20H22N2O5S. The van der Waals surface area contributed by atoms with Gasteiger partial charge in [-0.3, -0.25) is 19.7 Å². The molecule has 2 aromatic carbocycles. The second kappa shape index (κ2) is 10.5. The highest BCUT2D eigenvalue weighted by atomic mass is 32.2. The van der Waals surface area contributed by atoms with Gasteiger partial charge < -0.3 is 10.1 Å². The second-order valence-corrected chi connectivity index (χ2v) is 7.13. The van der Waals surface area contributed by atoms with Gasteiger partial charge in [0, 0.05) is 17.0 Å². The summed E-state index contributed by atoms with van der Waals surface area (Å²) in [5.41, 5.74) is 2.19. The second-order valence-electron chi connectivity index (χ2n) is 6.08. The number of esters is 1. The van der Waals surface area contributed by atoms with Crippen molar-refractivity contribution in [2.24, 2.45) is 0 Å². The van der Waals surface area contributed by atoms with Crippen molar-refractivity contribution in [2.45, 2.75) is 31.2 Å². The molecular weight excluding hydrogens is 380 g/mol. The third-order valence-corrected chi connectivity index (χ3v) is 5.02. The highest BCUT2D eigenvalue weighted by Gasteiger charge is 2.13. The van der Waals surface area contributed by atoms with Crippen LogP contribution in [0.25, 0.3) is 0 Å². The van der Waals surface area contributed by atoms with E-state index >= 15 is 0 Å². The molecule has 1 atom stereocenters. The summed E-state index contributed by atoms with van der Waals surface area (Å²) < 4.78 is 4.98. The molecule has 0 heterocycles. The Morgan fingerprint density at radius 1 is 1.14 bits per heavy atom. The number of thioether (sulfide) groups is 1. The van der Waals surface area contributed by atoms with Gasteiger partial charge in [-0.25, -0.2) is 0 Å². The van der Waals surface area contributed by atoms with E-state index in [-0.39, 0.29) is 30.0 Å². The van der Waals surface area contributed by atoms with Crippen LogP contribution in [0, 0.1) is 10.1 Å². The summed E-state index contributed by atoms with van der Waals surface area (Å²) in [6.07, 6.45) is 0.953. The maximum absolute atomic E-state index is 12.0. The van der Waals surface area contributed by atoms with Gasteiger partial charge in [0.05, 0.1) is 16.7 Å². The zero-order valence-electron chi connectivity index (χ0n) is 15.7. The van der Waals surface area contributed by atoms with Crippen LogP contribution >= 0.6 is 11.8 Å². The van der Waals surface area contributed by atoms with Crippen molar-refractivity contribution in [3.63, 3.8) is 0 Å². The molecule has 2 rings (SSSR count). The van der Waals surface area contributed by atoms with Crippen LogP contribution in [0.2, 0.25) is 0 Å². The molecule has 0 saturated heterocycles. The Hall–Kier alpha value is -2.87. The fraction of sp³-hybridized carbons (Fsp3) is 0.300. The summed E-state index contributed by atoms with van der Waals surface area (Å²) in [5, 5.41) is 13.4. The Kier molecular flexibility index (Phi) is 8.01. The van der Waals surface area contributed by atoms with Crippen LogP contribution < -0.4 is 5.32 Å². The molecule has 0 aromatic heterocycles. The predicted molar refractivity (Wildman–Crippen MR) is 107 cm³/mol. The smallest absolute Gasteiger partial charge is 0.316 e. The van der Waals surface area contributed by atoms with Crippen molar-refractivity contribution in [3.8, 4) is 0 Å². The number of carbonyl (C=O) groups excluding carboxylic acids is 2. The third kappa shape index (κ3) is 6.70. The number of hydrogen-bond donors (Lipinski definition) is 1. The minimum Gasteiger partial charge on any atom is -0.455 e. The molecule has 0 aliphatic rings. The van der Waals surface area contributed by atoms with Crippen LogP contribution in [-0.4, -0.2) is 29.2 Å². The number of benzene rings is 2. The maximum atomic E-state index is 12.0. The lowest BCUT2D eigenvalue weighted by atomic mass is 10.1. The molecule has 1 N–H and O–H groups in total. The monoisotopic (exact) mass is 402 g/mol. The van der Waals surface area contributed by atoms with Gasteiger partial charge in [0.1, 0.15) is 0 Å². The molecule has 0 aliphatic carbocycles. The summed E-state index contributed by atoms with van der Waals surface area (Å²) in [6.45, 7) is 3.59. The van der Waals surface area contributed by atoms with Gasteiger partial charge in [0.2, 0.25) is 0 Å². The average Bonchev–Trinajstić information content (AvgIpc) is 2.71. The maximum Gasteiger partial charge on any atom is 0.316 e. The number of nitro benzene ring substituents is 1. The number of carbonyl (C=O) groups is 2. The fourth-order valence-electron chi connectivity index (χ4n) is 2.40. The Bertz CT molecular complexity index is 821.